The molecule has 422 valence electrons. The highest BCUT2D eigenvalue weighted by Gasteiger charge is 2.28. The Morgan fingerprint density at radius 3 is 1.54 bits per heavy atom. The van der Waals surface area contributed by atoms with Crippen LogP contribution in [0.1, 0.15) is 16.7 Å². The number of fused-ring (bicyclic) bond motifs is 1. The van der Waals surface area contributed by atoms with Gasteiger partial charge in [0.1, 0.15) is 48.0 Å². The molecule has 8 N–H and O–H groups in total. The number of pyridine rings is 1. The molecule has 27 nitrogen and oxygen atoms in total. The predicted octanol–water partition coefficient (Wildman–Crippen LogP) is 10.7. The average molecular weight is 1290 g/mol. The summed E-state index contributed by atoms with van der Waals surface area (Å²) in [6.45, 7) is 1.35. The molecular weight excluding hydrogens is 1260 g/mol. The molecule has 0 aliphatic rings. The van der Waals surface area contributed by atoms with E-state index < -0.39 is 107 Å². The summed E-state index contributed by atoms with van der Waals surface area (Å²) in [5.41, 5.74) is -1.78. The van der Waals surface area contributed by atoms with Crippen LogP contribution in [0.5, 0.6) is 0 Å². The van der Waals surface area contributed by atoms with E-state index in [1.165, 1.54) is 67.6 Å². The van der Waals surface area contributed by atoms with Crippen LogP contribution in [0.4, 0.5) is 50.1 Å². The molecule has 0 spiro atoms. The standard InChI is InChI=1S/C46H30Cl2N10O17S7/c1-23-33(21-49)43(51-26-11-13-35(47)39(16-26)81(70,71)72)53-44(52-27-12-14-36(48)40(17-27)82(73,74)75)42(23)55-56-45-34(22-50)41(24-7-9-25(10-8-24)58-77(59,60)29-5-3-2-4-6-29)46(76-45)57-54-28-15-31-32(37(18-28)79(64,65)66)19-30(78(61,62)63)20-38(31)80(67,68)69/h2-20,58H,1H3,(H2,51,52,53)(H,61,62,63)(H,64,65,66)(H,67,68,69)(H,70,71,72)(H,73,74,75)/b56-55?,57-54+. The second-order valence-electron chi connectivity index (χ2n) is 16.6. The lowest BCUT2D eigenvalue weighted by Crippen LogP contribution is -2.12. The molecule has 36 heteroatoms. The third-order valence-corrected chi connectivity index (χ3v) is 18.9. The number of thiophene rings is 1. The number of hydrogen-bond donors (Lipinski definition) is 8. The number of halogens is 2. The largest absolute Gasteiger partial charge is 0.339 e. The van der Waals surface area contributed by atoms with Gasteiger partial charge in [0.05, 0.1) is 31.1 Å². The molecule has 0 unspecified atom stereocenters. The fourth-order valence-electron chi connectivity index (χ4n) is 7.59. The van der Waals surface area contributed by atoms with Crippen molar-refractivity contribution in [2.45, 2.75) is 36.3 Å². The van der Waals surface area contributed by atoms with Gasteiger partial charge in [-0.2, -0.15) is 52.6 Å². The van der Waals surface area contributed by atoms with Crippen molar-refractivity contribution >= 4 is 156 Å². The Bertz CT molecular complexity index is 4890. The van der Waals surface area contributed by atoms with Crippen LogP contribution < -0.4 is 15.4 Å². The molecule has 2 aromatic heterocycles. The van der Waals surface area contributed by atoms with E-state index in [9.17, 15) is 83.8 Å². The Morgan fingerprint density at radius 2 is 1.01 bits per heavy atom. The first kappa shape index (κ1) is 60.2. The van der Waals surface area contributed by atoms with E-state index in [0.29, 0.717) is 29.5 Å². The highest BCUT2D eigenvalue weighted by atomic mass is 35.5. The van der Waals surface area contributed by atoms with Crippen LogP contribution in [-0.4, -0.2) is 78.3 Å². The number of benzene rings is 6. The van der Waals surface area contributed by atoms with Crippen LogP contribution in [0.3, 0.4) is 0 Å². The average Bonchev–Trinajstić information content (AvgIpc) is 3.89. The number of azo groups is 2. The zero-order chi connectivity index (χ0) is 60.1. The zero-order valence-electron chi connectivity index (χ0n) is 40.3. The van der Waals surface area contributed by atoms with Crippen LogP contribution in [0.2, 0.25) is 10.0 Å². The Kier molecular flexibility index (Phi) is 16.5. The van der Waals surface area contributed by atoms with Gasteiger partial charge in [0.15, 0.2) is 16.6 Å². The minimum Gasteiger partial charge on any atom is -0.339 e. The molecule has 0 saturated heterocycles. The minimum absolute atomic E-state index is 0.0266. The van der Waals surface area contributed by atoms with Gasteiger partial charge in [-0.15, -0.1) is 20.5 Å². The zero-order valence-corrected chi connectivity index (χ0v) is 47.6. The highest BCUT2D eigenvalue weighted by molar-refractivity contribution is 7.92. The maximum absolute atomic E-state index is 13.2. The monoisotopic (exact) mass is 1290 g/mol. The van der Waals surface area contributed by atoms with Gasteiger partial charge in [-0.05, 0) is 97.4 Å². The summed E-state index contributed by atoms with van der Waals surface area (Å²) in [4.78, 5) is -0.761. The van der Waals surface area contributed by atoms with E-state index in [4.69, 9.17) is 23.2 Å². The van der Waals surface area contributed by atoms with E-state index in [1.54, 1.807) is 6.07 Å². The van der Waals surface area contributed by atoms with Gasteiger partial charge >= 0.3 is 0 Å². The summed E-state index contributed by atoms with van der Waals surface area (Å²) in [6.07, 6.45) is 0. The van der Waals surface area contributed by atoms with E-state index in [-0.39, 0.29) is 82.1 Å². The molecule has 6 aromatic carbocycles. The van der Waals surface area contributed by atoms with Crippen molar-refractivity contribution in [2.75, 3.05) is 15.4 Å². The molecule has 0 amide bonds. The van der Waals surface area contributed by atoms with Crippen molar-refractivity contribution in [2.24, 2.45) is 20.5 Å². The van der Waals surface area contributed by atoms with Gasteiger partial charge in [0.2, 0.25) is 0 Å². The Hall–Kier alpha value is -7.91. The molecule has 0 fully saturated rings. The molecule has 0 aliphatic heterocycles. The predicted molar refractivity (Wildman–Crippen MR) is 296 cm³/mol. The molecule has 0 saturated carbocycles. The van der Waals surface area contributed by atoms with Gasteiger partial charge in [-0.3, -0.25) is 27.5 Å². The number of nitriles is 2. The van der Waals surface area contributed by atoms with Gasteiger partial charge in [0.25, 0.3) is 60.6 Å². The molecule has 8 rings (SSSR count). The smallest absolute Gasteiger partial charge is 0.296 e. The third kappa shape index (κ3) is 13.0. The van der Waals surface area contributed by atoms with Crippen molar-refractivity contribution < 1.29 is 73.3 Å². The normalized spacial score (nSPS) is 12.6. The Labute approximate surface area is 478 Å². The topological polar surface area (TPSA) is 452 Å². The van der Waals surface area contributed by atoms with Crippen LogP contribution >= 0.6 is 34.5 Å². The van der Waals surface area contributed by atoms with Crippen LogP contribution in [0.15, 0.2) is 165 Å². The van der Waals surface area contributed by atoms with E-state index >= 15 is 0 Å². The number of hydrogen-bond acceptors (Lipinski definition) is 22. The van der Waals surface area contributed by atoms with Gasteiger partial charge in [0, 0.05) is 39.0 Å². The minimum atomic E-state index is -5.46. The molecule has 0 bridgehead atoms. The highest BCUT2D eigenvalue weighted by Crippen LogP contribution is 2.49. The maximum Gasteiger partial charge on any atom is 0.296 e. The van der Waals surface area contributed by atoms with Crippen molar-refractivity contribution in [3.63, 3.8) is 0 Å². The lowest BCUT2D eigenvalue weighted by molar-refractivity contribution is 0.478. The number of sulfonamides is 1. The summed E-state index contributed by atoms with van der Waals surface area (Å²) >= 11 is 12.6. The van der Waals surface area contributed by atoms with Crippen LogP contribution in [0, 0.1) is 29.6 Å². The summed E-state index contributed by atoms with van der Waals surface area (Å²) in [7, 11) is -30.2. The fraction of sp³-hybridized carbons (Fsp3) is 0.0217. The van der Waals surface area contributed by atoms with E-state index in [2.05, 4.69) is 40.8 Å². The van der Waals surface area contributed by atoms with E-state index in [1.807, 2.05) is 12.1 Å². The number of nitrogens with one attached hydrogen (secondary N) is 3. The second-order valence-corrected chi connectivity index (χ2v) is 27.1. The van der Waals surface area contributed by atoms with Gasteiger partial charge in [-0.1, -0.05) is 64.9 Å². The first-order valence-corrected chi connectivity index (χ1v) is 32.1. The lowest BCUT2D eigenvalue weighted by Gasteiger charge is -2.16. The SMILES string of the molecule is Cc1c(C#N)c(Nc2ccc(Cl)c(S(=O)(=O)O)c2)nc(Nc2ccc(Cl)c(S(=O)(=O)O)c2)c1N=Nc1sc(/N=N/c2cc(S(=O)(=O)O)c3cc(S(=O)(=O)O)cc(S(=O)(=O)O)c3c2)c(-c2ccc(NS(=O)(=O)c3ccccc3)cc2)c1C#N. The lowest BCUT2D eigenvalue weighted by atomic mass is 10.0. The Balaban J connectivity index is 1.33. The quantitative estimate of drug-likeness (QED) is 0.0310. The Morgan fingerprint density at radius 1 is 0.512 bits per heavy atom. The third-order valence-electron chi connectivity index (χ3n) is 11.2. The van der Waals surface area contributed by atoms with Crippen molar-refractivity contribution in [1.82, 2.24) is 4.98 Å². The molecule has 0 aliphatic carbocycles. The number of aromatic nitrogens is 1. The van der Waals surface area contributed by atoms with Crippen LogP contribution in [0.25, 0.3) is 21.9 Å². The maximum atomic E-state index is 13.2. The number of anilines is 5. The molecule has 8 aromatic rings. The number of nitrogens with zero attached hydrogens (tertiary/aromatic N) is 7. The second kappa shape index (κ2) is 22.4. The van der Waals surface area contributed by atoms with E-state index in [0.717, 1.165) is 30.3 Å². The van der Waals surface area contributed by atoms with Crippen molar-refractivity contribution in [3.05, 3.63) is 142 Å². The van der Waals surface area contributed by atoms with Gasteiger partial charge in [-0.25, -0.2) is 13.4 Å². The summed E-state index contributed by atoms with van der Waals surface area (Å²) in [5.74, 6) is -0.659. The summed E-state index contributed by atoms with van der Waals surface area (Å²) < 4.78 is 202. The van der Waals surface area contributed by atoms with Crippen molar-refractivity contribution in [1.29, 1.82) is 10.5 Å². The van der Waals surface area contributed by atoms with Crippen molar-refractivity contribution in [3.8, 4) is 23.3 Å². The first-order chi connectivity index (χ1) is 38.2. The fourth-order valence-corrected chi connectivity index (χ4v) is 13.6. The summed E-state index contributed by atoms with van der Waals surface area (Å²) in [5, 5.41) is 40.8. The molecule has 0 atom stereocenters. The molecular formula is C46H30Cl2N10O17S7. The van der Waals surface area contributed by atoms with Gasteiger partial charge < -0.3 is 10.6 Å². The first-order valence-electron chi connectivity index (χ1n) is 21.8. The molecule has 0 radical (unpaired) electrons. The molecule has 82 heavy (non-hydrogen) atoms. The van der Waals surface area contributed by atoms with Crippen LogP contribution in [-0.2, 0) is 60.6 Å². The summed E-state index contributed by atoms with van der Waals surface area (Å²) in [6, 6.07) is 25.3. The molecule has 2 heterocycles. The number of rotatable bonds is 17.